The standard InChI is InChI=1S/C22H23NO3/c1-12-18-15-10-13-8-6-7-9-14(13)17(15)21(2,3)22(4,5)23(18)11-16(19(12)24)20(25)26/h6-9,11H,10H2,1-5H3,(H,25,26). The minimum atomic E-state index is -1.17. The van der Waals surface area contributed by atoms with Crippen molar-refractivity contribution in [2.75, 3.05) is 0 Å². The van der Waals surface area contributed by atoms with E-state index in [9.17, 15) is 14.7 Å². The van der Waals surface area contributed by atoms with Gasteiger partial charge in [-0.1, -0.05) is 38.1 Å². The van der Waals surface area contributed by atoms with Crippen LogP contribution in [0.15, 0.2) is 35.3 Å². The molecule has 4 heteroatoms. The Balaban J connectivity index is 2.16. The second-order valence-corrected chi connectivity index (χ2v) is 8.39. The third kappa shape index (κ3) is 1.84. The normalized spacial score (nSPS) is 19.0. The Morgan fingerprint density at radius 3 is 2.46 bits per heavy atom. The zero-order chi connectivity index (χ0) is 19.0. The van der Waals surface area contributed by atoms with Crippen LogP contribution in [0.1, 0.15) is 60.4 Å². The molecule has 2 heterocycles. The lowest BCUT2D eigenvalue weighted by molar-refractivity contribution is 0.0692. The lowest BCUT2D eigenvalue weighted by Gasteiger charge is -2.50. The summed E-state index contributed by atoms with van der Waals surface area (Å²) in [5, 5.41) is 9.50. The lowest BCUT2D eigenvalue weighted by Crippen LogP contribution is -2.47. The molecule has 26 heavy (non-hydrogen) atoms. The van der Waals surface area contributed by atoms with Gasteiger partial charge in [0.05, 0.1) is 5.69 Å². The first-order valence-electron chi connectivity index (χ1n) is 8.91. The number of benzene rings is 1. The number of carbonyl (C=O) groups is 1. The van der Waals surface area contributed by atoms with Gasteiger partial charge in [0, 0.05) is 29.1 Å². The Labute approximate surface area is 152 Å². The van der Waals surface area contributed by atoms with E-state index in [0.29, 0.717) is 5.56 Å². The molecule has 0 spiro atoms. The first-order valence-corrected chi connectivity index (χ1v) is 8.91. The molecule has 0 unspecified atom stereocenters. The summed E-state index contributed by atoms with van der Waals surface area (Å²) >= 11 is 0. The Hall–Kier alpha value is -2.62. The molecule has 134 valence electrons. The molecule has 0 amide bonds. The summed E-state index contributed by atoms with van der Waals surface area (Å²) in [6, 6.07) is 8.40. The van der Waals surface area contributed by atoms with E-state index in [-0.39, 0.29) is 21.9 Å². The third-order valence-corrected chi connectivity index (χ3v) is 6.67. The van der Waals surface area contributed by atoms with E-state index in [1.165, 1.54) is 16.7 Å². The minimum absolute atomic E-state index is 0.158. The molecule has 2 aliphatic rings. The monoisotopic (exact) mass is 349 g/mol. The molecule has 4 nitrogen and oxygen atoms in total. The summed E-state index contributed by atoms with van der Waals surface area (Å²) < 4.78 is 2.03. The molecule has 2 aromatic rings. The van der Waals surface area contributed by atoms with Crippen LogP contribution in [0.4, 0.5) is 0 Å². The van der Waals surface area contributed by atoms with E-state index in [1.807, 2.05) is 10.6 Å². The predicted molar refractivity (Wildman–Crippen MR) is 102 cm³/mol. The SMILES string of the molecule is Cc1c2n(cc(C(=O)O)c1=O)C(C)(C)C(C)(C)C1=C2Cc2ccccc21. The fourth-order valence-corrected chi connectivity index (χ4v) is 4.59. The van der Waals surface area contributed by atoms with Crippen LogP contribution in [0.2, 0.25) is 0 Å². The number of carboxylic acids is 1. The van der Waals surface area contributed by atoms with Crippen molar-refractivity contribution in [2.24, 2.45) is 5.41 Å². The highest BCUT2D eigenvalue weighted by molar-refractivity contribution is 6.01. The van der Waals surface area contributed by atoms with Crippen LogP contribution in [0, 0.1) is 12.3 Å². The predicted octanol–water partition coefficient (Wildman–Crippen LogP) is 4.10. The summed E-state index contributed by atoms with van der Waals surface area (Å²) in [5.74, 6) is -1.17. The van der Waals surface area contributed by atoms with E-state index in [2.05, 4.69) is 45.9 Å². The van der Waals surface area contributed by atoms with E-state index >= 15 is 0 Å². The van der Waals surface area contributed by atoms with Crippen molar-refractivity contribution in [3.05, 3.63) is 68.6 Å². The Kier molecular flexibility index (Phi) is 3.22. The van der Waals surface area contributed by atoms with Crippen molar-refractivity contribution >= 4 is 17.1 Å². The number of aromatic nitrogens is 1. The highest BCUT2D eigenvalue weighted by Gasteiger charge is 2.50. The number of fused-ring (bicyclic) bond motifs is 4. The Morgan fingerprint density at radius 1 is 1.15 bits per heavy atom. The molecule has 1 aliphatic carbocycles. The zero-order valence-electron chi connectivity index (χ0n) is 15.8. The molecule has 0 atom stereocenters. The lowest BCUT2D eigenvalue weighted by atomic mass is 9.64. The molecule has 1 aromatic heterocycles. The number of pyridine rings is 1. The molecular formula is C22H23NO3. The van der Waals surface area contributed by atoms with Crippen molar-refractivity contribution in [1.82, 2.24) is 4.57 Å². The molecule has 0 saturated carbocycles. The summed E-state index contributed by atoms with van der Waals surface area (Å²) in [4.78, 5) is 24.3. The van der Waals surface area contributed by atoms with Crippen LogP contribution in [0.3, 0.4) is 0 Å². The smallest absolute Gasteiger partial charge is 0.341 e. The van der Waals surface area contributed by atoms with Gasteiger partial charge < -0.3 is 9.67 Å². The second kappa shape index (κ2) is 4.97. The van der Waals surface area contributed by atoms with Gasteiger partial charge in [-0.15, -0.1) is 0 Å². The van der Waals surface area contributed by atoms with Gasteiger partial charge in [0.2, 0.25) is 0 Å². The highest BCUT2D eigenvalue weighted by atomic mass is 16.4. The van der Waals surface area contributed by atoms with E-state index in [0.717, 1.165) is 17.7 Å². The molecule has 1 aliphatic heterocycles. The summed E-state index contributed by atoms with van der Waals surface area (Å²) in [6.45, 7) is 10.4. The van der Waals surface area contributed by atoms with E-state index in [1.54, 1.807) is 13.1 Å². The first-order chi connectivity index (χ1) is 12.1. The van der Waals surface area contributed by atoms with Crippen molar-refractivity contribution in [1.29, 1.82) is 0 Å². The third-order valence-electron chi connectivity index (χ3n) is 6.67. The molecule has 0 radical (unpaired) electrons. The maximum atomic E-state index is 12.7. The maximum absolute atomic E-state index is 12.7. The van der Waals surface area contributed by atoms with Crippen molar-refractivity contribution in [2.45, 2.75) is 46.6 Å². The quantitative estimate of drug-likeness (QED) is 0.843. The minimum Gasteiger partial charge on any atom is -0.477 e. The number of nitrogens with zero attached hydrogens (tertiary/aromatic N) is 1. The maximum Gasteiger partial charge on any atom is 0.341 e. The fourth-order valence-electron chi connectivity index (χ4n) is 4.59. The van der Waals surface area contributed by atoms with Crippen LogP contribution >= 0.6 is 0 Å². The second-order valence-electron chi connectivity index (χ2n) is 8.39. The van der Waals surface area contributed by atoms with Gasteiger partial charge >= 0.3 is 5.97 Å². The van der Waals surface area contributed by atoms with Gasteiger partial charge in [0.25, 0.3) is 0 Å². The van der Waals surface area contributed by atoms with Crippen molar-refractivity contribution < 1.29 is 9.90 Å². The molecule has 0 bridgehead atoms. The van der Waals surface area contributed by atoms with Crippen LogP contribution in [-0.4, -0.2) is 15.6 Å². The van der Waals surface area contributed by atoms with Gasteiger partial charge in [-0.3, -0.25) is 4.79 Å². The number of allylic oxidation sites excluding steroid dienone is 2. The summed E-state index contributed by atoms with van der Waals surface area (Å²) in [7, 11) is 0. The van der Waals surface area contributed by atoms with E-state index < -0.39 is 5.97 Å². The van der Waals surface area contributed by atoms with E-state index in [4.69, 9.17) is 0 Å². The average Bonchev–Trinajstić information content (AvgIpc) is 2.95. The van der Waals surface area contributed by atoms with Gasteiger partial charge in [-0.05, 0) is 43.0 Å². The van der Waals surface area contributed by atoms with Crippen LogP contribution in [0.25, 0.3) is 11.1 Å². The Morgan fingerprint density at radius 2 is 1.81 bits per heavy atom. The fraction of sp³-hybridized carbons (Fsp3) is 0.364. The molecule has 1 aromatic carbocycles. The van der Waals surface area contributed by atoms with Gasteiger partial charge in [0.1, 0.15) is 5.56 Å². The number of hydrogen-bond donors (Lipinski definition) is 1. The van der Waals surface area contributed by atoms with Crippen molar-refractivity contribution in [3.63, 3.8) is 0 Å². The molecule has 0 fully saturated rings. The molecular weight excluding hydrogens is 326 g/mol. The van der Waals surface area contributed by atoms with Crippen LogP contribution < -0.4 is 5.43 Å². The topological polar surface area (TPSA) is 59.3 Å². The number of rotatable bonds is 1. The van der Waals surface area contributed by atoms with Crippen LogP contribution in [0.5, 0.6) is 0 Å². The van der Waals surface area contributed by atoms with Gasteiger partial charge in [-0.25, -0.2) is 4.79 Å². The first kappa shape index (κ1) is 16.8. The molecule has 4 rings (SSSR count). The summed E-state index contributed by atoms with van der Waals surface area (Å²) in [5.41, 5.74) is 5.21. The molecule has 0 saturated heterocycles. The largest absolute Gasteiger partial charge is 0.477 e. The molecule has 1 N–H and O–H groups in total. The number of hydrogen-bond acceptors (Lipinski definition) is 2. The Bertz CT molecular complexity index is 1070. The van der Waals surface area contributed by atoms with Gasteiger partial charge in [-0.2, -0.15) is 0 Å². The number of aromatic carboxylic acids is 1. The van der Waals surface area contributed by atoms with Crippen LogP contribution in [-0.2, 0) is 12.0 Å². The number of carboxylic acid groups (broad SMARTS) is 1. The van der Waals surface area contributed by atoms with Gasteiger partial charge in [0.15, 0.2) is 5.43 Å². The van der Waals surface area contributed by atoms with Crippen molar-refractivity contribution in [3.8, 4) is 0 Å². The average molecular weight is 349 g/mol. The highest BCUT2D eigenvalue weighted by Crippen LogP contribution is 2.58. The summed E-state index contributed by atoms with van der Waals surface area (Å²) in [6.07, 6.45) is 2.32. The zero-order valence-corrected chi connectivity index (χ0v) is 15.8.